The minimum atomic E-state index is -0.0561. The molecule has 0 bridgehead atoms. The van der Waals surface area contributed by atoms with Crippen LogP contribution in [0.1, 0.15) is 40.8 Å². The Kier molecular flexibility index (Phi) is 4.83. The van der Waals surface area contributed by atoms with E-state index in [9.17, 15) is 9.90 Å². The largest absolute Gasteiger partial charge is 0.396 e. The second-order valence-corrected chi connectivity index (χ2v) is 7.25. The molecule has 3 unspecified atom stereocenters. The summed E-state index contributed by atoms with van der Waals surface area (Å²) in [6, 6.07) is 12.1. The molecule has 0 spiro atoms. The number of hydrogen-bond donors (Lipinski definition) is 1. The summed E-state index contributed by atoms with van der Waals surface area (Å²) in [5, 5.41) is 11.5. The first-order chi connectivity index (χ1) is 11.1. The molecule has 3 rings (SSSR count). The van der Waals surface area contributed by atoms with Crippen LogP contribution in [-0.4, -0.2) is 29.6 Å². The van der Waals surface area contributed by atoms with E-state index in [0.717, 1.165) is 12.0 Å². The number of amides is 1. The lowest BCUT2D eigenvalue weighted by atomic mass is 10.0. The molecule has 1 aromatic heterocycles. The number of thiophene rings is 1. The van der Waals surface area contributed by atoms with E-state index < -0.39 is 0 Å². The first kappa shape index (κ1) is 16.2. The fourth-order valence-corrected chi connectivity index (χ4v) is 4.43. The van der Waals surface area contributed by atoms with Gasteiger partial charge in [-0.2, -0.15) is 0 Å². The minimum Gasteiger partial charge on any atom is -0.396 e. The normalized spacial score (nSPS) is 21.0. The number of nitrogens with zero attached hydrogens (tertiary/aromatic N) is 1. The van der Waals surface area contributed by atoms with E-state index in [0.29, 0.717) is 12.3 Å². The van der Waals surface area contributed by atoms with Crippen LogP contribution in [0.5, 0.6) is 0 Å². The van der Waals surface area contributed by atoms with E-state index in [-0.39, 0.29) is 24.5 Å². The van der Waals surface area contributed by atoms with Gasteiger partial charge in [-0.3, -0.25) is 4.79 Å². The zero-order chi connectivity index (χ0) is 16.4. The molecular weight excluding hydrogens is 306 g/mol. The summed E-state index contributed by atoms with van der Waals surface area (Å²) in [7, 11) is 1.87. The number of carbonyl (C=O) groups excluding carboxylic acids is 1. The van der Waals surface area contributed by atoms with Crippen LogP contribution in [0.25, 0.3) is 0 Å². The van der Waals surface area contributed by atoms with Gasteiger partial charge in [-0.05, 0) is 42.3 Å². The van der Waals surface area contributed by atoms with Gasteiger partial charge in [0.1, 0.15) is 0 Å². The highest BCUT2D eigenvalue weighted by Crippen LogP contribution is 2.51. The Morgan fingerprint density at radius 1 is 1.35 bits per heavy atom. The van der Waals surface area contributed by atoms with Crippen LogP contribution in [0, 0.1) is 12.8 Å². The summed E-state index contributed by atoms with van der Waals surface area (Å²) in [5.41, 5.74) is 2.38. The Balaban J connectivity index is 1.72. The van der Waals surface area contributed by atoms with Crippen molar-refractivity contribution in [3.05, 3.63) is 57.8 Å². The van der Waals surface area contributed by atoms with E-state index >= 15 is 0 Å². The van der Waals surface area contributed by atoms with Gasteiger partial charge in [0.05, 0.1) is 6.04 Å². The molecule has 0 aliphatic heterocycles. The summed E-state index contributed by atoms with van der Waals surface area (Å²) in [4.78, 5) is 16.0. The average molecular weight is 329 g/mol. The highest BCUT2D eigenvalue weighted by Gasteiger charge is 2.47. The molecule has 1 fully saturated rings. The first-order valence-corrected chi connectivity index (χ1v) is 8.98. The van der Waals surface area contributed by atoms with Crippen LogP contribution in [0.2, 0.25) is 0 Å². The van der Waals surface area contributed by atoms with Gasteiger partial charge < -0.3 is 10.0 Å². The molecule has 1 saturated carbocycles. The van der Waals surface area contributed by atoms with Crippen molar-refractivity contribution < 1.29 is 9.90 Å². The van der Waals surface area contributed by atoms with Crippen LogP contribution in [0.3, 0.4) is 0 Å². The second-order valence-electron chi connectivity index (χ2n) is 6.30. The lowest BCUT2D eigenvalue weighted by molar-refractivity contribution is -0.133. The number of benzene rings is 1. The van der Waals surface area contributed by atoms with E-state index in [1.54, 1.807) is 11.3 Å². The van der Waals surface area contributed by atoms with Crippen molar-refractivity contribution in [3.63, 3.8) is 0 Å². The van der Waals surface area contributed by atoms with Crippen molar-refractivity contribution in [1.29, 1.82) is 0 Å². The third kappa shape index (κ3) is 3.33. The molecule has 1 aliphatic rings. The van der Waals surface area contributed by atoms with Crippen molar-refractivity contribution in [2.45, 2.75) is 31.7 Å². The van der Waals surface area contributed by atoms with Gasteiger partial charge in [0.2, 0.25) is 5.91 Å². The van der Waals surface area contributed by atoms with E-state index in [4.69, 9.17) is 0 Å². The molecule has 1 aromatic carbocycles. The predicted octanol–water partition coefficient (Wildman–Crippen LogP) is 3.74. The maximum absolute atomic E-state index is 12.9. The van der Waals surface area contributed by atoms with Gasteiger partial charge in [0.25, 0.3) is 0 Å². The lowest BCUT2D eigenvalue weighted by Gasteiger charge is -2.28. The number of aliphatic hydroxyl groups excluding tert-OH is 1. The zero-order valence-corrected chi connectivity index (χ0v) is 14.4. The fourth-order valence-electron chi connectivity index (χ4n) is 3.32. The monoisotopic (exact) mass is 329 g/mol. The summed E-state index contributed by atoms with van der Waals surface area (Å²) < 4.78 is 0. The summed E-state index contributed by atoms with van der Waals surface area (Å²) in [6.45, 7) is 2.20. The van der Waals surface area contributed by atoms with Gasteiger partial charge in [0, 0.05) is 30.4 Å². The van der Waals surface area contributed by atoms with E-state index in [1.165, 1.54) is 10.4 Å². The fraction of sp³-hybridized carbons (Fsp3) is 0.421. The molecule has 1 N–H and O–H groups in total. The van der Waals surface area contributed by atoms with Crippen molar-refractivity contribution in [2.75, 3.05) is 13.7 Å². The maximum Gasteiger partial charge on any atom is 0.226 e. The van der Waals surface area contributed by atoms with Crippen LogP contribution >= 0.6 is 11.3 Å². The zero-order valence-electron chi connectivity index (χ0n) is 13.6. The quantitative estimate of drug-likeness (QED) is 0.877. The molecule has 2 aromatic rings. The molecule has 1 aliphatic carbocycles. The number of rotatable bonds is 6. The van der Waals surface area contributed by atoms with E-state index in [1.807, 2.05) is 42.3 Å². The number of aryl methyl sites for hydroxylation is 1. The van der Waals surface area contributed by atoms with Gasteiger partial charge >= 0.3 is 0 Å². The van der Waals surface area contributed by atoms with Gasteiger partial charge in [-0.1, -0.05) is 30.3 Å². The third-order valence-electron chi connectivity index (χ3n) is 4.75. The van der Waals surface area contributed by atoms with Gasteiger partial charge in [-0.15, -0.1) is 11.3 Å². The van der Waals surface area contributed by atoms with Crippen LogP contribution in [-0.2, 0) is 4.79 Å². The number of carbonyl (C=O) groups is 1. The van der Waals surface area contributed by atoms with Crippen molar-refractivity contribution in [2.24, 2.45) is 5.92 Å². The highest BCUT2D eigenvalue weighted by molar-refractivity contribution is 7.10. The van der Waals surface area contributed by atoms with Gasteiger partial charge in [0.15, 0.2) is 0 Å². The lowest BCUT2D eigenvalue weighted by Crippen LogP contribution is -2.33. The molecule has 23 heavy (non-hydrogen) atoms. The highest BCUT2D eigenvalue weighted by atomic mass is 32.1. The topological polar surface area (TPSA) is 40.5 Å². The molecule has 1 amide bonds. The third-order valence-corrected chi connectivity index (χ3v) is 5.90. The summed E-state index contributed by atoms with van der Waals surface area (Å²) in [6.07, 6.45) is 1.52. The molecule has 3 atom stereocenters. The molecule has 0 radical (unpaired) electrons. The Morgan fingerprint density at radius 3 is 2.70 bits per heavy atom. The maximum atomic E-state index is 12.9. The Labute approximate surface area is 141 Å². The van der Waals surface area contributed by atoms with Crippen LogP contribution in [0.4, 0.5) is 0 Å². The molecule has 4 heteroatoms. The first-order valence-electron chi connectivity index (χ1n) is 8.10. The molecule has 122 valence electrons. The molecular formula is C19H23NO2S. The SMILES string of the molecule is Cc1ccsc1C1CC1C(=O)N(C)C(CCO)c1ccccc1. The van der Waals surface area contributed by atoms with Crippen molar-refractivity contribution in [1.82, 2.24) is 4.90 Å². The number of aliphatic hydroxyl groups is 1. The summed E-state index contributed by atoms with van der Waals surface area (Å²) >= 11 is 1.76. The summed E-state index contributed by atoms with van der Waals surface area (Å²) in [5.74, 6) is 0.683. The van der Waals surface area contributed by atoms with Crippen molar-refractivity contribution >= 4 is 17.2 Å². The average Bonchev–Trinajstić information content (AvgIpc) is 3.25. The standard InChI is InChI=1S/C19H23NO2S/c1-13-9-11-23-18(13)15-12-16(15)19(22)20(2)17(8-10-21)14-6-4-3-5-7-14/h3-7,9,11,15-17,21H,8,10,12H2,1-2H3. The molecule has 1 heterocycles. The Bertz CT molecular complexity index is 667. The molecule has 3 nitrogen and oxygen atoms in total. The number of hydrogen-bond acceptors (Lipinski definition) is 3. The minimum absolute atomic E-state index is 0.0561. The Hall–Kier alpha value is -1.65. The van der Waals surface area contributed by atoms with Crippen molar-refractivity contribution in [3.8, 4) is 0 Å². The predicted molar refractivity (Wildman–Crippen MR) is 93.6 cm³/mol. The van der Waals surface area contributed by atoms with Crippen LogP contribution in [0.15, 0.2) is 41.8 Å². The van der Waals surface area contributed by atoms with E-state index in [2.05, 4.69) is 18.4 Å². The van der Waals surface area contributed by atoms with Crippen LogP contribution < -0.4 is 0 Å². The Morgan fingerprint density at radius 2 is 2.09 bits per heavy atom. The second kappa shape index (κ2) is 6.85. The smallest absolute Gasteiger partial charge is 0.226 e. The van der Waals surface area contributed by atoms with Gasteiger partial charge in [-0.25, -0.2) is 0 Å². The molecule has 0 saturated heterocycles.